The highest BCUT2D eigenvalue weighted by molar-refractivity contribution is 8.00. The number of aromatic nitrogens is 2. The van der Waals surface area contributed by atoms with Crippen molar-refractivity contribution in [1.29, 1.82) is 0 Å². The lowest BCUT2D eigenvalue weighted by molar-refractivity contribution is 0.663. The van der Waals surface area contributed by atoms with Gasteiger partial charge < -0.3 is 5.32 Å². The van der Waals surface area contributed by atoms with Gasteiger partial charge in [-0.3, -0.25) is 0 Å². The Morgan fingerprint density at radius 1 is 1.73 bits per heavy atom. The van der Waals surface area contributed by atoms with E-state index in [4.69, 9.17) is 0 Å². The van der Waals surface area contributed by atoms with E-state index < -0.39 is 0 Å². The first-order valence-electron chi connectivity index (χ1n) is 5.19. The van der Waals surface area contributed by atoms with Crippen molar-refractivity contribution >= 4 is 18.0 Å². The molecule has 15 heavy (non-hydrogen) atoms. The summed E-state index contributed by atoms with van der Waals surface area (Å²) in [5.74, 6) is 0. The standard InChI is InChI=1S/C11H17N3S/c1-3-14-8-10(7-13-14)6-12-9-11(15-2)4-5-11/h3,7-8,12H,1,4-6,9H2,2H3. The van der Waals surface area contributed by atoms with Crippen molar-refractivity contribution in [2.75, 3.05) is 12.8 Å². The van der Waals surface area contributed by atoms with E-state index in [-0.39, 0.29) is 0 Å². The SMILES string of the molecule is C=Cn1cc(CNCC2(SC)CC2)cn1. The molecule has 0 saturated heterocycles. The molecule has 0 radical (unpaired) electrons. The van der Waals surface area contributed by atoms with Gasteiger partial charge in [-0.15, -0.1) is 0 Å². The summed E-state index contributed by atoms with van der Waals surface area (Å²) < 4.78 is 2.27. The molecule has 1 fully saturated rings. The van der Waals surface area contributed by atoms with Crippen LogP contribution < -0.4 is 5.32 Å². The summed E-state index contributed by atoms with van der Waals surface area (Å²) in [5.41, 5.74) is 1.21. The van der Waals surface area contributed by atoms with Gasteiger partial charge in [0.1, 0.15) is 0 Å². The summed E-state index contributed by atoms with van der Waals surface area (Å²) in [6.07, 6.45) is 10.5. The fourth-order valence-corrected chi connectivity index (χ4v) is 2.35. The average molecular weight is 223 g/mol. The molecule has 0 amide bonds. The Labute approximate surface area is 94.9 Å². The maximum Gasteiger partial charge on any atom is 0.0538 e. The lowest BCUT2D eigenvalue weighted by Gasteiger charge is -2.11. The van der Waals surface area contributed by atoms with Crippen LogP contribution in [0.25, 0.3) is 6.20 Å². The Morgan fingerprint density at radius 2 is 2.53 bits per heavy atom. The Morgan fingerprint density at radius 3 is 3.07 bits per heavy atom. The first-order valence-corrected chi connectivity index (χ1v) is 6.42. The van der Waals surface area contributed by atoms with E-state index in [0.29, 0.717) is 4.75 Å². The Bertz CT molecular complexity index is 341. The second-order valence-corrected chi connectivity index (χ2v) is 5.28. The molecular weight excluding hydrogens is 206 g/mol. The van der Waals surface area contributed by atoms with Gasteiger partial charge in [0.2, 0.25) is 0 Å². The van der Waals surface area contributed by atoms with E-state index in [2.05, 4.69) is 23.3 Å². The fraction of sp³-hybridized carbons (Fsp3) is 0.545. The number of hydrogen-bond acceptors (Lipinski definition) is 3. The van der Waals surface area contributed by atoms with Gasteiger partial charge in [-0.2, -0.15) is 16.9 Å². The van der Waals surface area contributed by atoms with E-state index in [9.17, 15) is 0 Å². The van der Waals surface area contributed by atoms with E-state index >= 15 is 0 Å². The van der Waals surface area contributed by atoms with Crippen molar-refractivity contribution in [2.45, 2.75) is 24.1 Å². The molecule has 1 heterocycles. The number of hydrogen-bond donors (Lipinski definition) is 1. The highest BCUT2D eigenvalue weighted by Crippen LogP contribution is 2.46. The lowest BCUT2D eigenvalue weighted by atomic mass is 10.3. The first kappa shape index (κ1) is 10.8. The Kier molecular flexibility index (Phi) is 3.17. The molecule has 1 aliphatic carbocycles. The molecule has 1 aromatic heterocycles. The van der Waals surface area contributed by atoms with Crippen molar-refractivity contribution in [3.63, 3.8) is 0 Å². The van der Waals surface area contributed by atoms with Crippen LogP contribution in [0.5, 0.6) is 0 Å². The molecule has 1 aliphatic rings. The van der Waals surface area contributed by atoms with E-state index in [1.165, 1.54) is 18.4 Å². The number of rotatable bonds is 6. The smallest absolute Gasteiger partial charge is 0.0538 e. The van der Waals surface area contributed by atoms with Gasteiger partial charge in [-0.25, -0.2) is 4.68 Å². The van der Waals surface area contributed by atoms with Crippen LogP contribution in [0.2, 0.25) is 0 Å². The lowest BCUT2D eigenvalue weighted by Crippen LogP contribution is -2.25. The predicted molar refractivity (Wildman–Crippen MR) is 65.8 cm³/mol. The Hall–Kier alpha value is -0.740. The zero-order chi connectivity index (χ0) is 10.7. The van der Waals surface area contributed by atoms with Gasteiger partial charge in [0, 0.05) is 35.8 Å². The van der Waals surface area contributed by atoms with Crippen molar-refractivity contribution in [1.82, 2.24) is 15.1 Å². The van der Waals surface area contributed by atoms with E-state index in [1.54, 1.807) is 10.9 Å². The molecule has 2 rings (SSSR count). The molecule has 1 N–H and O–H groups in total. The molecule has 4 heteroatoms. The third kappa shape index (κ3) is 2.63. The molecule has 0 aromatic carbocycles. The second-order valence-electron chi connectivity index (χ2n) is 4.00. The minimum Gasteiger partial charge on any atom is -0.311 e. The molecule has 0 unspecified atom stereocenters. The van der Waals surface area contributed by atoms with Gasteiger partial charge in [0.05, 0.1) is 6.20 Å². The summed E-state index contributed by atoms with van der Waals surface area (Å²) in [6, 6.07) is 0. The fourth-order valence-electron chi connectivity index (χ4n) is 1.60. The average Bonchev–Trinajstić information content (AvgIpc) is 2.89. The summed E-state index contributed by atoms with van der Waals surface area (Å²) in [6.45, 7) is 5.67. The minimum absolute atomic E-state index is 0.536. The first-order chi connectivity index (χ1) is 7.28. The van der Waals surface area contributed by atoms with Crippen LogP contribution in [0, 0.1) is 0 Å². The molecule has 0 atom stereocenters. The van der Waals surface area contributed by atoms with Crippen LogP contribution in [0.1, 0.15) is 18.4 Å². The largest absolute Gasteiger partial charge is 0.311 e. The maximum absolute atomic E-state index is 4.14. The molecule has 82 valence electrons. The number of nitrogens with one attached hydrogen (secondary N) is 1. The Balaban J connectivity index is 1.76. The van der Waals surface area contributed by atoms with Crippen LogP contribution in [0.3, 0.4) is 0 Å². The zero-order valence-corrected chi connectivity index (χ0v) is 9.89. The second kappa shape index (κ2) is 4.41. The topological polar surface area (TPSA) is 29.9 Å². The van der Waals surface area contributed by atoms with Gasteiger partial charge >= 0.3 is 0 Å². The maximum atomic E-state index is 4.14. The van der Waals surface area contributed by atoms with Crippen molar-refractivity contribution in [3.05, 3.63) is 24.5 Å². The van der Waals surface area contributed by atoms with Crippen LogP contribution in [0.15, 0.2) is 19.0 Å². The van der Waals surface area contributed by atoms with Gasteiger partial charge in [-0.05, 0) is 19.1 Å². The number of thioether (sulfide) groups is 1. The molecule has 1 aromatic rings. The molecule has 0 bridgehead atoms. The quantitative estimate of drug-likeness (QED) is 0.799. The van der Waals surface area contributed by atoms with Crippen molar-refractivity contribution in [2.24, 2.45) is 0 Å². The molecule has 1 saturated carbocycles. The van der Waals surface area contributed by atoms with Crippen LogP contribution >= 0.6 is 11.8 Å². The van der Waals surface area contributed by atoms with E-state index in [1.807, 2.05) is 24.2 Å². The van der Waals surface area contributed by atoms with E-state index in [0.717, 1.165) is 13.1 Å². The minimum atomic E-state index is 0.536. The van der Waals surface area contributed by atoms with Gasteiger partial charge in [-0.1, -0.05) is 6.58 Å². The monoisotopic (exact) mass is 223 g/mol. The normalized spacial score (nSPS) is 17.7. The van der Waals surface area contributed by atoms with Gasteiger partial charge in [0.15, 0.2) is 0 Å². The van der Waals surface area contributed by atoms with Crippen LogP contribution in [-0.4, -0.2) is 27.3 Å². The van der Waals surface area contributed by atoms with Crippen LogP contribution in [0.4, 0.5) is 0 Å². The number of nitrogens with zero attached hydrogens (tertiary/aromatic N) is 2. The summed E-state index contributed by atoms with van der Waals surface area (Å²) in [7, 11) is 0. The van der Waals surface area contributed by atoms with Crippen LogP contribution in [-0.2, 0) is 6.54 Å². The zero-order valence-electron chi connectivity index (χ0n) is 9.07. The third-order valence-corrected chi connectivity index (χ3v) is 4.28. The van der Waals surface area contributed by atoms with Crippen molar-refractivity contribution < 1.29 is 0 Å². The third-order valence-electron chi connectivity index (χ3n) is 2.86. The summed E-state index contributed by atoms with van der Waals surface area (Å²) in [4.78, 5) is 0. The molecule has 0 spiro atoms. The highest BCUT2D eigenvalue weighted by Gasteiger charge is 2.41. The summed E-state index contributed by atoms with van der Waals surface area (Å²) >= 11 is 1.98. The van der Waals surface area contributed by atoms with Gasteiger partial charge in [0.25, 0.3) is 0 Å². The summed E-state index contributed by atoms with van der Waals surface area (Å²) in [5, 5.41) is 7.62. The molecule has 3 nitrogen and oxygen atoms in total. The van der Waals surface area contributed by atoms with Crippen molar-refractivity contribution in [3.8, 4) is 0 Å². The molecule has 0 aliphatic heterocycles. The highest BCUT2D eigenvalue weighted by atomic mass is 32.2. The predicted octanol–water partition coefficient (Wildman–Crippen LogP) is 1.97. The molecular formula is C11H17N3S.